The van der Waals surface area contributed by atoms with Crippen LogP contribution in [0.3, 0.4) is 0 Å². The molecule has 0 unspecified atom stereocenters. The van der Waals surface area contributed by atoms with Crippen LogP contribution in [0.25, 0.3) is 25.5 Å². The third-order valence-electron chi connectivity index (χ3n) is 12.1. The Balaban J connectivity index is 0.000000823. The smallest absolute Gasteiger partial charge is 0.195 e. The number of rotatable bonds is 12. The molecule has 1 saturated heterocycles. The maximum atomic E-state index is 13.9. The summed E-state index contributed by atoms with van der Waals surface area (Å²) in [6.07, 6.45) is 6.47. The fourth-order valence-corrected chi connectivity index (χ4v) is 10.9. The molecular weight excluding hydrogens is 857 g/mol. The van der Waals surface area contributed by atoms with Gasteiger partial charge < -0.3 is 24.1 Å². The second-order valence-corrected chi connectivity index (χ2v) is 18.6. The van der Waals surface area contributed by atoms with Gasteiger partial charge in [0.1, 0.15) is 53.2 Å². The zero-order chi connectivity index (χ0) is 45.0. The number of carbonyl (C=O) groups excluding carboxylic acids is 1. The van der Waals surface area contributed by atoms with Crippen molar-refractivity contribution in [2.45, 2.75) is 53.5 Å². The highest BCUT2D eigenvalue weighted by Gasteiger charge is 2.27. The lowest BCUT2D eigenvalue weighted by Crippen LogP contribution is -2.36. The van der Waals surface area contributed by atoms with E-state index in [9.17, 15) is 15.0 Å². The summed E-state index contributed by atoms with van der Waals surface area (Å²) in [5, 5.41) is 30.6. The SMILES string of the molecule is Cc1ncco1.Cc1sc2c(c1C)C(c1ccc(OCCC3CCN(CCOc4ccc(C(=O)c5c(-c6ccc(O)cc6)sc6cc(O)ccc56)cc4)CC3)cc1)=NCc1nnc(C)n1-2. The second kappa shape index (κ2) is 19.2. The lowest BCUT2D eigenvalue weighted by atomic mass is 9.94. The highest BCUT2D eigenvalue weighted by atomic mass is 32.1. The van der Waals surface area contributed by atoms with Gasteiger partial charge in [-0.1, -0.05) is 0 Å². The number of likely N-dealkylation sites (tertiary alicyclic amines) is 1. The Morgan fingerprint density at radius 2 is 1.51 bits per heavy atom. The van der Waals surface area contributed by atoms with Gasteiger partial charge in [-0.15, -0.1) is 32.9 Å². The summed E-state index contributed by atoms with van der Waals surface area (Å²) < 4.78 is 20.0. The van der Waals surface area contributed by atoms with Crippen LogP contribution in [-0.2, 0) is 6.54 Å². The summed E-state index contributed by atoms with van der Waals surface area (Å²) in [7, 11) is 0. The molecule has 6 heterocycles. The summed E-state index contributed by atoms with van der Waals surface area (Å²) in [5.41, 5.74) is 6.46. The number of aryl methyl sites for hydroxylation is 3. The second-order valence-electron chi connectivity index (χ2n) is 16.4. The van der Waals surface area contributed by atoms with Crippen molar-refractivity contribution >= 4 is 44.3 Å². The molecule has 14 heteroatoms. The van der Waals surface area contributed by atoms with Gasteiger partial charge in [-0.2, -0.15) is 0 Å². The normalized spacial score (nSPS) is 13.9. The van der Waals surface area contributed by atoms with Crippen molar-refractivity contribution in [1.82, 2.24) is 24.6 Å². The standard InChI is InChI=1S/C47H45N5O5S2.C4H5NO/c1-28-29(2)58-47-42(28)44(48-27-41-50-49-30(3)52(41)47)32-6-13-37(14-7-32)56-24-20-31-18-21-51(22-19-31)23-25-57-38-15-8-33(9-16-38)45(55)43-39-17-12-36(54)26-40(39)59-46(43)34-4-10-35(53)11-5-34;1-4-5-2-3-6-4/h4-17,26,31,53-54H,18-25,27H2,1-3H3;2-3H,1H3. The van der Waals surface area contributed by atoms with E-state index in [-0.39, 0.29) is 17.3 Å². The van der Waals surface area contributed by atoms with Crippen molar-refractivity contribution in [3.63, 3.8) is 0 Å². The average molecular weight is 907 g/mol. The fraction of sp³-hybridized carbons (Fsp3) is 0.275. The third kappa shape index (κ3) is 9.61. The molecule has 4 aromatic heterocycles. The zero-order valence-corrected chi connectivity index (χ0v) is 38.4. The molecule has 0 aliphatic carbocycles. The van der Waals surface area contributed by atoms with Gasteiger partial charge in [0.05, 0.1) is 18.5 Å². The molecule has 10 rings (SSSR count). The molecule has 332 valence electrons. The van der Waals surface area contributed by atoms with Gasteiger partial charge in [-0.05, 0) is 161 Å². The van der Waals surface area contributed by atoms with E-state index in [1.54, 1.807) is 73.2 Å². The summed E-state index contributed by atoms with van der Waals surface area (Å²) in [6, 6.07) is 27.6. The van der Waals surface area contributed by atoms with Gasteiger partial charge >= 0.3 is 0 Å². The number of ether oxygens (including phenoxy) is 2. The molecule has 0 radical (unpaired) electrons. The molecule has 0 saturated carbocycles. The number of aliphatic imine (C=N–C) groups is 1. The summed E-state index contributed by atoms with van der Waals surface area (Å²) in [5.74, 6) is 4.91. The number of oxazole rings is 1. The van der Waals surface area contributed by atoms with Crippen LogP contribution in [0.4, 0.5) is 0 Å². The van der Waals surface area contributed by atoms with Gasteiger partial charge in [0.25, 0.3) is 0 Å². The molecule has 2 aliphatic rings. The van der Waals surface area contributed by atoms with Crippen LogP contribution < -0.4 is 9.47 Å². The number of phenols is 2. The van der Waals surface area contributed by atoms with E-state index in [4.69, 9.17) is 18.9 Å². The number of hydrogen-bond acceptors (Lipinski definition) is 13. The molecule has 4 aromatic carbocycles. The Morgan fingerprint density at radius 3 is 2.20 bits per heavy atom. The minimum atomic E-state index is -0.103. The maximum Gasteiger partial charge on any atom is 0.195 e. The lowest BCUT2D eigenvalue weighted by molar-refractivity contribution is 0.104. The summed E-state index contributed by atoms with van der Waals surface area (Å²) in [6.45, 7) is 12.8. The zero-order valence-electron chi connectivity index (χ0n) is 36.8. The largest absolute Gasteiger partial charge is 0.508 e. The van der Waals surface area contributed by atoms with Crippen LogP contribution in [0.15, 0.2) is 113 Å². The van der Waals surface area contributed by atoms with Gasteiger partial charge in [0.2, 0.25) is 0 Å². The minimum absolute atomic E-state index is 0.103. The minimum Gasteiger partial charge on any atom is -0.508 e. The Morgan fingerprint density at radius 1 is 0.815 bits per heavy atom. The molecule has 8 aromatic rings. The Bertz CT molecular complexity index is 2940. The molecule has 65 heavy (non-hydrogen) atoms. The van der Waals surface area contributed by atoms with E-state index in [0.717, 1.165) is 110 Å². The number of carbonyl (C=O) groups is 1. The fourth-order valence-electron chi connectivity index (χ4n) is 8.39. The number of fused-ring (bicyclic) bond motifs is 4. The van der Waals surface area contributed by atoms with E-state index < -0.39 is 0 Å². The molecule has 0 spiro atoms. The Kier molecular flexibility index (Phi) is 12.9. The van der Waals surface area contributed by atoms with Crippen molar-refractivity contribution in [2.75, 3.05) is 32.8 Å². The van der Waals surface area contributed by atoms with Crippen molar-refractivity contribution in [3.05, 3.63) is 154 Å². The molecule has 0 amide bonds. The van der Waals surface area contributed by atoms with Crippen LogP contribution >= 0.6 is 22.7 Å². The first-order valence-electron chi connectivity index (χ1n) is 21.8. The molecule has 2 aliphatic heterocycles. The van der Waals surface area contributed by atoms with Crippen molar-refractivity contribution in [3.8, 4) is 38.4 Å². The summed E-state index contributed by atoms with van der Waals surface area (Å²) in [4.78, 5) is 27.2. The van der Waals surface area contributed by atoms with E-state index in [0.29, 0.717) is 36.8 Å². The number of nitrogens with zero attached hydrogens (tertiary/aromatic N) is 6. The predicted molar refractivity (Wildman–Crippen MR) is 256 cm³/mol. The molecule has 2 N–H and O–H groups in total. The van der Waals surface area contributed by atoms with Crippen LogP contribution in [0.1, 0.15) is 74.3 Å². The topological polar surface area (TPSA) is 148 Å². The van der Waals surface area contributed by atoms with E-state index in [1.807, 2.05) is 31.2 Å². The van der Waals surface area contributed by atoms with Crippen LogP contribution in [-0.4, -0.2) is 79.2 Å². The molecular formula is C51H50N6O6S2. The first-order chi connectivity index (χ1) is 31.6. The first kappa shape index (κ1) is 43.6. The average Bonchev–Trinajstić information content (AvgIpc) is 4.09. The number of thiophene rings is 2. The third-order valence-corrected chi connectivity index (χ3v) is 14.5. The predicted octanol–water partition coefficient (Wildman–Crippen LogP) is 10.7. The van der Waals surface area contributed by atoms with Gasteiger partial charge in [0.15, 0.2) is 17.5 Å². The van der Waals surface area contributed by atoms with E-state index in [2.05, 4.69) is 62.8 Å². The molecule has 1 fully saturated rings. The number of ketones is 1. The van der Waals surface area contributed by atoms with Crippen molar-refractivity contribution in [2.24, 2.45) is 10.9 Å². The van der Waals surface area contributed by atoms with E-state index in [1.165, 1.54) is 21.8 Å². The number of aromatic nitrogens is 4. The molecule has 12 nitrogen and oxygen atoms in total. The number of aromatic hydroxyl groups is 2. The van der Waals surface area contributed by atoms with Crippen LogP contribution in [0, 0.1) is 33.6 Å². The van der Waals surface area contributed by atoms with Crippen LogP contribution in [0.5, 0.6) is 23.0 Å². The van der Waals surface area contributed by atoms with Crippen LogP contribution in [0.2, 0.25) is 0 Å². The number of phenolic OH excluding ortho intramolecular Hbond substituents is 2. The highest BCUT2D eigenvalue weighted by molar-refractivity contribution is 7.22. The summed E-state index contributed by atoms with van der Waals surface area (Å²) >= 11 is 3.22. The quantitative estimate of drug-likeness (QED) is 0.114. The first-order valence-corrected chi connectivity index (χ1v) is 23.4. The lowest BCUT2D eigenvalue weighted by Gasteiger charge is -2.31. The number of hydrogen-bond donors (Lipinski definition) is 2. The van der Waals surface area contributed by atoms with Gasteiger partial charge in [-0.3, -0.25) is 19.3 Å². The van der Waals surface area contributed by atoms with Crippen molar-refractivity contribution in [1.29, 1.82) is 0 Å². The molecule has 0 bridgehead atoms. The van der Waals surface area contributed by atoms with Gasteiger partial charge in [-0.25, -0.2) is 4.98 Å². The maximum absolute atomic E-state index is 13.9. The monoisotopic (exact) mass is 906 g/mol. The highest BCUT2D eigenvalue weighted by Crippen LogP contribution is 2.42. The molecule has 0 atom stereocenters. The Hall–Kier alpha value is -6.61. The Labute approximate surface area is 385 Å². The van der Waals surface area contributed by atoms with E-state index >= 15 is 0 Å². The number of benzene rings is 4. The van der Waals surface area contributed by atoms with Gasteiger partial charge in [0, 0.05) is 55.6 Å². The van der Waals surface area contributed by atoms with Crippen molar-refractivity contribution < 1.29 is 28.9 Å². The number of piperidine rings is 1.